The first-order valence-corrected chi connectivity index (χ1v) is 5.61. The fourth-order valence-electron chi connectivity index (χ4n) is 2.06. The van der Waals surface area contributed by atoms with Crippen molar-refractivity contribution < 1.29 is 19.7 Å². The number of aromatic nitrogens is 2. The highest BCUT2D eigenvalue weighted by Crippen LogP contribution is 2.32. The van der Waals surface area contributed by atoms with Gasteiger partial charge in [0, 0.05) is 0 Å². The lowest BCUT2D eigenvalue weighted by Gasteiger charge is -2.17. The molecule has 1 aromatic rings. The van der Waals surface area contributed by atoms with E-state index in [0.29, 0.717) is 6.42 Å². The zero-order chi connectivity index (χ0) is 13.4. The lowest BCUT2D eigenvalue weighted by atomic mass is 10.1. The zero-order valence-electron chi connectivity index (χ0n) is 9.85. The van der Waals surface area contributed by atoms with Crippen LogP contribution in [0.25, 0.3) is 0 Å². The third kappa shape index (κ3) is 1.84. The second-order valence-electron chi connectivity index (χ2n) is 4.20. The molecule has 1 aromatic heterocycles. The van der Waals surface area contributed by atoms with Crippen molar-refractivity contribution >= 4 is 11.7 Å². The van der Waals surface area contributed by atoms with E-state index in [-0.39, 0.29) is 11.5 Å². The molecule has 2 heterocycles. The normalized spacial score (nSPS) is 31.7. The Morgan fingerprint density at radius 2 is 2.22 bits per heavy atom. The molecule has 1 amide bonds. The van der Waals surface area contributed by atoms with Gasteiger partial charge >= 0.3 is 0 Å². The standard InChI is InChI=1S/C10H16N4O4/c1-2-4-6(15)7(16)10(18-4)14-3-13-5(8(14)11)9(12)17/h3-4,6-7,10,15-16H,2,11H2,1H3,(H2,12,17)/t4-,6+,7?,10-/m1/s1. The Kier molecular flexibility index (Phi) is 3.24. The lowest BCUT2D eigenvalue weighted by Crippen LogP contribution is -2.31. The van der Waals surface area contributed by atoms with E-state index in [4.69, 9.17) is 16.2 Å². The van der Waals surface area contributed by atoms with Crippen LogP contribution in [-0.2, 0) is 4.74 Å². The van der Waals surface area contributed by atoms with Gasteiger partial charge in [0.25, 0.3) is 5.91 Å². The molecule has 1 fully saturated rings. The van der Waals surface area contributed by atoms with Crippen LogP contribution < -0.4 is 11.5 Å². The van der Waals surface area contributed by atoms with E-state index in [1.807, 2.05) is 6.92 Å². The van der Waals surface area contributed by atoms with E-state index in [1.54, 1.807) is 0 Å². The van der Waals surface area contributed by atoms with Crippen molar-refractivity contribution in [3.8, 4) is 0 Å². The van der Waals surface area contributed by atoms with Gasteiger partial charge < -0.3 is 26.4 Å². The summed E-state index contributed by atoms with van der Waals surface area (Å²) in [5, 5.41) is 19.6. The number of anilines is 1. The highest BCUT2D eigenvalue weighted by atomic mass is 16.6. The van der Waals surface area contributed by atoms with Crippen LogP contribution in [-0.4, -0.2) is 44.0 Å². The van der Waals surface area contributed by atoms with Crippen LogP contribution >= 0.6 is 0 Å². The Bertz CT molecular complexity index is 461. The SMILES string of the molecule is CC[C@H]1O[C@@H](n2cnc(C(N)=O)c2N)C(O)[C@H]1O. The van der Waals surface area contributed by atoms with Gasteiger partial charge in [-0.3, -0.25) is 9.36 Å². The Morgan fingerprint density at radius 1 is 1.56 bits per heavy atom. The maximum absolute atomic E-state index is 11.0. The van der Waals surface area contributed by atoms with Gasteiger partial charge in [0.1, 0.15) is 18.0 Å². The summed E-state index contributed by atoms with van der Waals surface area (Å²) in [7, 11) is 0. The first-order valence-electron chi connectivity index (χ1n) is 5.61. The number of amides is 1. The topological polar surface area (TPSA) is 137 Å². The van der Waals surface area contributed by atoms with Crippen molar-refractivity contribution in [3.63, 3.8) is 0 Å². The van der Waals surface area contributed by atoms with Gasteiger partial charge in [-0.05, 0) is 6.42 Å². The molecule has 1 saturated heterocycles. The Labute approximate surface area is 103 Å². The molecular weight excluding hydrogens is 240 g/mol. The van der Waals surface area contributed by atoms with Crippen LogP contribution in [0.15, 0.2) is 6.33 Å². The summed E-state index contributed by atoms with van der Waals surface area (Å²) in [6, 6.07) is 0. The summed E-state index contributed by atoms with van der Waals surface area (Å²) in [6.45, 7) is 1.83. The first-order chi connectivity index (χ1) is 8.47. The molecule has 0 radical (unpaired) electrons. The second kappa shape index (κ2) is 4.56. The molecule has 100 valence electrons. The molecular formula is C10H16N4O4. The summed E-state index contributed by atoms with van der Waals surface area (Å²) in [6.07, 6.45) is -1.68. The molecule has 6 N–H and O–H groups in total. The molecule has 8 nitrogen and oxygen atoms in total. The van der Waals surface area contributed by atoms with E-state index in [9.17, 15) is 15.0 Å². The minimum atomic E-state index is -1.13. The molecule has 1 aliphatic rings. The third-order valence-electron chi connectivity index (χ3n) is 3.08. The minimum Gasteiger partial charge on any atom is -0.388 e. The quantitative estimate of drug-likeness (QED) is 0.524. The average Bonchev–Trinajstić information content (AvgIpc) is 2.82. The van der Waals surface area contributed by atoms with Gasteiger partial charge in [-0.2, -0.15) is 0 Å². The number of ether oxygens (including phenoxy) is 1. The van der Waals surface area contributed by atoms with Crippen LogP contribution in [0.3, 0.4) is 0 Å². The monoisotopic (exact) mass is 256 g/mol. The number of imidazole rings is 1. The van der Waals surface area contributed by atoms with E-state index in [0.717, 1.165) is 0 Å². The molecule has 0 aliphatic carbocycles. The van der Waals surface area contributed by atoms with E-state index in [2.05, 4.69) is 4.98 Å². The van der Waals surface area contributed by atoms with Crippen molar-refractivity contribution in [3.05, 3.63) is 12.0 Å². The molecule has 0 aromatic carbocycles. The van der Waals surface area contributed by atoms with E-state index >= 15 is 0 Å². The highest BCUT2D eigenvalue weighted by Gasteiger charge is 2.43. The fraction of sp³-hybridized carbons (Fsp3) is 0.600. The van der Waals surface area contributed by atoms with Crippen LogP contribution in [0.5, 0.6) is 0 Å². The van der Waals surface area contributed by atoms with Gasteiger partial charge in [0.15, 0.2) is 11.9 Å². The zero-order valence-corrected chi connectivity index (χ0v) is 9.85. The fourth-order valence-corrected chi connectivity index (χ4v) is 2.06. The highest BCUT2D eigenvalue weighted by molar-refractivity contribution is 5.95. The summed E-state index contributed by atoms with van der Waals surface area (Å²) < 4.78 is 6.78. The molecule has 2 rings (SSSR count). The van der Waals surface area contributed by atoms with Gasteiger partial charge in [0.2, 0.25) is 0 Å². The number of aliphatic hydroxyl groups is 2. The Hall–Kier alpha value is -1.64. The lowest BCUT2D eigenvalue weighted by molar-refractivity contribution is -0.0364. The first kappa shape index (κ1) is 12.8. The van der Waals surface area contributed by atoms with Gasteiger partial charge in [-0.1, -0.05) is 6.92 Å². The molecule has 1 unspecified atom stereocenters. The minimum absolute atomic E-state index is 0.00973. The van der Waals surface area contributed by atoms with Crippen LogP contribution in [0, 0.1) is 0 Å². The van der Waals surface area contributed by atoms with Gasteiger partial charge in [-0.15, -0.1) is 0 Å². The van der Waals surface area contributed by atoms with Crippen molar-refractivity contribution in [1.29, 1.82) is 0 Å². The number of nitrogens with zero attached hydrogens (tertiary/aromatic N) is 2. The molecule has 1 aliphatic heterocycles. The molecule has 0 bridgehead atoms. The van der Waals surface area contributed by atoms with Crippen molar-refractivity contribution in [2.75, 3.05) is 5.73 Å². The van der Waals surface area contributed by atoms with Gasteiger partial charge in [-0.25, -0.2) is 4.98 Å². The number of aliphatic hydroxyl groups excluding tert-OH is 2. The number of carbonyl (C=O) groups is 1. The van der Waals surface area contributed by atoms with Crippen LogP contribution in [0.1, 0.15) is 30.1 Å². The predicted octanol–water partition coefficient (Wildman–Crippen LogP) is -1.41. The second-order valence-corrected chi connectivity index (χ2v) is 4.20. The third-order valence-corrected chi connectivity index (χ3v) is 3.08. The number of rotatable bonds is 3. The van der Waals surface area contributed by atoms with Crippen molar-refractivity contribution in [2.24, 2.45) is 5.73 Å². The van der Waals surface area contributed by atoms with Crippen molar-refractivity contribution in [2.45, 2.75) is 37.9 Å². The number of hydrogen-bond acceptors (Lipinski definition) is 6. The summed E-state index contributed by atoms with van der Waals surface area (Å²) >= 11 is 0. The molecule has 8 heteroatoms. The number of nitrogen functional groups attached to an aromatic ring is 1. The van der Waals surface area contributed by atoms with Crippen molar-refractivity contribution in [1.82, 2.24) is 9.55 Å². The molecule has 4 atom stereocenters. The number of hydrogen-bond donors (Lipinski definition) is 4. The van der Waals surface area contributed by atoms with E-state index in [1.165, 1.54) is 10.9 Å². The Balaban J connectivity index is 2.30. The number of primary amides is 1. The van der Waals surface area contributed by atoms with Gasteiger partial charge in [0.05, 0.1) is 12.4 Å². The smallest absolute Gasteiger partial charge is 0.271 e. The maximum atomic E-state index is 11.0. The van der Waals surface area contributed by atoms with Crippen LogP contribution in [0.4, 0.5) is 5.82 Å². The number of nitrogens with two attached hydrogens (primary N) is 2. The Morgan fingerprint density at radius 3 is 2.67 bits per heavy atom. The largest absolute Gasteiger partial charge is 0.388 e. The predicted molar refractivity (Wildman–Crippen MR) is 61.4 cm³/mol. The molecule has 0 spiro atoms. The summed E-state index contributed by atoms with van der Waals surface area (Å²) in [4.78, 5) is 14.8. The maximum Gasteiger partial charge on any atom is 0.271 e. The average molecular weight is 256 g/mol. The van der Waals surface area contributed by atoms with Crippen LogP contribution in [0.2, 0.25) is 0 Å². The summed E-state index contributed by atoms with van der Waals surface area (Å²) in [5.41, 5.74) is 10.7. The molecule has 18 heavy (non-hydrogen) atoms. The van der Waals surface area contributed by atoms with E-state index < -0.39 is 30.4 Å². The summed E-state index contributed by atoms with van der Waals surface area (Å²) in [5.74, 6) is -0.748. The number of carbonyl (C=O) groups excluding carboxylic acids is 1. The molecule has 0 saturated carbocycles.